The van der Waals surface area contributed by atoms with Crippen LogP contribution >= 0.6 is 0 Å². The molecule has 0 amide bonds. The molecule has 0 spiro atoms. The minimum atomic E-state index is -4.35. The third kappa shape index (κ3) is 2.62. The third-order valence-electron chi connectivity index (χ3n) is 4.25. The highest BCUT2D eigenvalue weighted by Gasteiger charge is 2.42. The summed E-state index contributed by atoms with van der Waals surface area (Å²) in [6.45, 7) is 0.587. The van der Waals surface area contributed by atoms with Crippen LogP contribution in [0.5, 0.6) is 0 Å². The Morgan fingerprint density at radius 1 is 1.29 bits per heavy atom. The maximum absolute atomic E-state index is 12.5. The van der Waals surface area contributed by atoms with Gasteiger partial charge in [-0.1, -0.05) is 31.2 Å². The summed E-state index contributed by atoms with van der Waals surface area (Å²) in [5, 5.41) is 0. The summed E-state index contributed by atoms with van der Waals surface area (Å²) in [5.74, 6) is -0.168. The van der Waals surface area contributed by atoms with Gasteiger partial charge in [-0.2, -0.15) is 13.2 Å². The van der Waals surface area contributed by atoms with E-state index in [1.54, 1.807) is 18.2 Å². The molecular formula is C16H15F3O2. The van der Waals surface area contributed by atoms with E-state index in [1.165, 1.54) is 0 Å². The van der Waals surface area contributed by atoms with E-state index in [1.807, 2.05) is 19.1 Å². The molecule has 2 aliphatic carbocycles. The molecule has 0 unspecified atom stereocenters. The van der Waals surface area contributed by atoms with E-state index >= 15 is 0 Å². The minimum Gasteiger partial charge on any atom is -0.364 e. The third-order valence-corrected chi connectivity index (χ3v) is 4.25. The number of ether oxygens (including phenoxy) is 1. The zero-order valence-electron chi connectivity index (χ0n) is 11.5. The summed E-state index contributed by atoms with van der Waals surface area (Å²) in [6.07, 6.45) is -3.00. The monoisotopic (exact) mass is 296 g/mol. The lowest BCUT2D eigenvalue weighted by molar-refractivity contribution is -0.192. The molecule has 0 bridgehead atoms. The van der Waals surface area contributed by atoms with Crippen LogP contribution in [0, 0.1) is 11.8 Å². The molecule has 1 aromatic carbocycles. The molecule has 1 aromatic rings. The van der Waals surface area contributed by atoms with Gasteiger partial charge < -0.3 is 4.74 Å². The Bertz CT molecular complexity index is 604. The standard InChI is InChI=1S/C16H15F3O2/c1-9-13-6-10(20)7-14(13)11-4-2-3-5-12(11)15(9)21-8-16(17,18)19/h2-5,7,9,13,15H,6,8H2,1H3/t9-,13+,15+/m0/s1. The second-order valence-electron chi connectivity index (χ2n) is 5.67. The number of fused-ring (bicyclic) bond motifs is 3. The first kappa shape index (κ1) is 14.3. The van der Waals surface area contributed by atoms with Crippen LogP contribution < -0.4 is 0 Å². The van der Waals surface area contributed by atoms with Gasteiger partial charge in [-0.15, -0.1) is 0 Å². The topological polar surface area (TPSA) is 26.3 Å². The van der Waals surface area contributed by atoms with Crippen molar-refractivity contribution in [3.63, 3.8) is 0 Å². The number of carbonyl (C=O) groups excluding carboxylic acids is 1. The predicted molar refractivity (Wildman–Crippen MR) is 71.4 cm³/mol. The minimum absolute atomic E-state index is 0.0353. The van der Waals surface area contributed by atoms with Gasteiger partial charge in [0.1, 0.15) is 6.61 Å². The molecule has 0 heterocycles. The van der Waals surface area contributed by atoms with E-state index < -0.39 is 18.9 Å². The van der Waals surface area contributed by atoms with Crippen molar-refractivity contribution in [2.24, 2.45) is 11.8 Å². The first-order valence-corrected chi connectivity index (χ1v) is 6.89. The number of halogens is 3. The van der Waals surface area contributed by atoms with E-state index in [4.69, 9.17) is 4.74 Å². The average Bonchev–Trinajstić information content (AvgIpc) is 2.80. The molecule has 112 valence electrons. The van der Waals surface area contributed by atoms with Crippen molar-refractivity contribution in [1.82, 2.24) is 0 Å². The Morgan fingerprint density at radius 2 is 2.00 bits per heavy atom. The Labute approximate surface area is 120 Å². The first-order chi connectivity index (χ1) is 9.87. The van der Waals surface area contributed by atoms with Crippen LogP contribution in [-0.2, 0) is 9.53 Å². The number of rotatable bonds is 2. The van der Waals surface area contributed by atoms with Crippen LogP contribution in [0.25, 0.3) is 5.57 Å². The number of ketones is 1. The van der Waals surface area contributed by atoms with Crippen LogP contribution in [0.2, 0.25) is 0 Å². The van der Waals surface area contributed by atoms with Crippen molar-refractivity contribution in [3.05, 3.63) is 41.5 Å². The Morgan fingerprint density at radius 3 is 2.71 bits per heavy atom. The molecule has 2 aliphatic rings. The lowest BCUT2D eigenvalue weighted by atomic mass is 9.72. The highest BCUT2D eigenvalue weighted by Crippen LogP contribution is 2.50. The molecule has 0 radical (unpaired) electrons. The molecular weight excluding hydrogens is 281 g/mol. The van der Waals surface area contributed by atoms with Crippen LogP contribution in [0.4, 0.5) is 13.2 Å². The van der Waals surface area contributed by atoms with E-state index in [-0.39, 0.29) is 17.6 Å². The summed E-state index contributed by atoms with van der Waals surface area (Å²) in [7, 11) is 0. The smallest absolute Gasteiger partial charge is 0.364 e. The van der Waals surface area contributed by atoms with Crippen LogP contribution in [0.15, 0.2) is 30.3 Å². The number of benzene rings is 1. The Hall–Kier alpha value is -1.62. The molecule has 0 fully saturated rings. The zero-order valence-corrected chi connectivity index (χ0v) is 11.5. The molecule has 2 nitrogen and oxygen atoms in total. The van der Waals surface area contributed by atoms with E-state index in [2.05, 4.69) is 0 Å². The molecule has 3 atom stereocenters. The highest BCUT2D eigenvalue weighted by atomic mass is 19.4. The fourth-order valence-electron chi connectivity index (χ4n) is 3.34. The number of allylic oxidation sites excluding steroid dienone is 2. The number of hydrogen-bond donors (Lipinski definition) is 0. The predicted octanol–water partition coefficient (Wildman–Crippen LogP) is 3.93. The van der Waals surface area contributed by atoms with E-state index in [0.29, 0.717) is 6.42 Å². The van der Waals surface area contributed by atoms with Gasteiger partial charge in [0.25, 0.3) is 0 Å². The second-order valence-corrected chi connectivity index (χ2v) is 5.67. The molecule has 5 heteroatoms. The van der Waals surface area contributed by atoms with Gasteiger partial charge in [0, 0.05) is 6.42 Å². The molecule has 0 saturated heterocycles. The SMILES string of the molecule is C[C@H]1[C@H]2CC(=O)C=C2c2ccccc2[C@@H]1OCC(F)(F)F. The summed E-state index contributed by atoms with van der Waals surface area (Å²) in [5.41, 5.74) is 2.53. The van der Waals surface area contributed by atoms with Gasteiger partial charge in [0.05, 0.1) is 6.10 Å². The summed E-state index contributed by atoms with van der Waals surface area (Å²) in [6, 6.07) is 7.25. The van der Waals surface area contributed by atoms with Gasteiger partial charge in [0.2, 0.25) is 0 Å². The largest absolute Gasteiger partial charge is 0.411 e. The van der Waals surface area contributed by atoms with Crippen molar-refractivity contribution >= 4 is 11.4 Å². The van der Waals surface area contributed by atoms with Gasteiger partial charge in [-0.3, -0.25) is 4.79 Å². The second kappa shape index (κ2) is 4.98. The van der Waals surface area contributed by atoms with Crippen LogP contribution in [-0.4, -0.2) is 18.6 Å². The molecule has 0 saturated carbocycles. The van der Waals surface area contributed by atoms with Crippen molar-refractivity contribution in [1.29, 1.82) is 0 Å². The maximum Gasteiger partial charge on any atom is 0.411 e. The Balaban J connectivity index is 1.98. The summed E-state index contributed by atoms with van der Waals surface area (Å²) >= 11 is 0. The number of alkyl halides is 3. The molecule has 0 N–H and O–H groups in total. The quantitative estimate of drug-likeness (QED) is 0.826. The van der Waals surface area contributed by atoms with Gasteiger partial charge >= 0.3 is 6.18 Å². The van der Waals surface area contributed by atoms with E-state index in [0.717, 1.165) is 16.7 Å². The summed E-state index contributed by atoms with van der Waals surface area (Å²) < 4.78 is 42.5. The van der Waals surface area contributed by atoms with Crippen LogP contribution in [0.3, 0.4) is 0 Å². The fraction of sp³-hybridized carbons (Fsp3) is 0.438. The van der Waals surface area contributed by atoms with Crippen molar-refractivity contribution < 1.29 is 22.7 Å². The normalized spacial score (nSPS) is 28.1. The molecule has 0 aliphatic heterocycles. The fourth-order valence-corrected chi connectivity index (χ4v) is 3.34. The van der Waals surface area contributed by atoms with Crippen molar-refractivity contribution in [2.75, 3.05) is 6.61 Å². The van der Waals surface area contributed by atoms with Crippen LogP contribution in [0.1, 0.15) is 30.6 Å². The first-order valence-electron chi connectivity index (χ1n) is 6.89. The molecule has 21 heavy (non-hydrogen) atoms. The number of carbonyl (C=O) groups is 1. The summed E-state index contributed by atoms with van der Waals surface area (Å²) in [4.78, 5) is 11.7. The number of hydrogen-bond acceptors (Lipinski definition) is 2. The van der Waals surface area contributed by atoms with Crippen molar-refractivity contribution in [3.8, 4) is 0 Å². The molecule has 0 aromatic heterocycles. The lowest BCUT2D eigenvalue weighted by Gasteiger charge is -2.37. The van der Waals surface area contributed by atoms with Gasteiger partial charge in [-0.25, -0.2) is 0 Å². The highest BCUT2D eigenvalue weighted by molar-refractivity contribution is 6.03. The average molecular weight is 296 g/mol. The zero-order chi connectivity index (χ0) is 15.2. The van der Waals surface area contributed by atoms with Gasteiger partial charge in [0.15, 0.2) is 5.78 Å². The van der Waals surface area contributed by atoms with Gasteiger partial charge in [-0.05, 0) is 34.6 Å². The van der Waals surface area contributed by atoms with Crippen molar-refractivity contribution in [2.45, 2.75) is 25.6 Å². The molecule has 3 rings (SSSR count). The lowest BCUT2D eigenvalue weighted by Crippen LogP contribution is -2.30. The van der Waals surface area contributed by atoms with E-state index in [9.17, 15) is 18.0 Å². The Kier molecular flexibility index (Phi) is 3.40. The maximum atomic E-state index is 12.5.